The van der Waals surface area contributed by atoms with Crippen molar-refractivity contribution in [1.82, 2.24) is 4.90 Å². The first-order valence-corrected chi connectivity index (χ1v) is 9.23. The minimum atomic E-state index is -0.320. The monoisotopic (exact) mass is 378 g/mol. The van der Waals surface area contributed by atoms with E-state index >= 15 is 0 Å². The lowest BCUT2D eigenvalue weighted by Gasteiger charge is -2.10. The van der Waals surface area contributed by atoms with Crippen LogP contribution in [-0.4, -0.2) is 36.4 Å². The molecule has 0 fully saturated rings. The van der Waals surface area contributed by atoms with E-state index in [1.807, 2.05) is 25.8 Å². The number of rotatable bonds is 7. The fourth-order valence-electron chi connectivity index (χ4n) is 2.09. The predicted octanol–water partition coefficient (Wildman–Crippen LogP) is 5.37. The molecule has 0 bridgehead atoms. The Balaban J connectivity index is 2.13. The number of carbonyl (C=O) groups is 1. The molecule has 0 aliphatic rings. The standard InChI is InChI=1S/C19H20ClFN2OS/c1-4-23(3)12-22-17-9-13(2)14(10-15(17)20)18(24)11-25-19-8-6-5-7-16(19)21/h5-10,12H,4,11H2,1-3H3/b22-12-. The molecule has 0 atom stereocenters. The van der Waals surface area contributed by atoms with Crippen molar-refractivity contribution in [3.05, 3.63) is 58.4 Å². The first-order chi connectivity index (χ1) is 11.9. The maximum Gasteiger partial charge on any atom is 0.173 e. The number of benzene rings is 2. The zero-order valence-corrected chi connectivity index (χ0v) is 16.0. The lowest BCUT2D eigenvalue weighted by molar-refractivity contribution is 0.102. The van der Waals surface area contributed by atoms with Gasteiger partial charge in [0.05, 0.1) is 22.8 Å². The number of aryl methyl sites for hydroxylation is 1. The summed E-state index contributed by atoms with van der Waals surface area (Å²) in [6.07, 6.45) is 1.70. The summed E-state index contributed by atoms with van der Waals surface area (Å²) in [5, 5.41) is 0.422. The van der Waals surface area contributed by atoms with Crippen LogP contribution in [0, 0.1) is 12.7 Å². The fraction of sp³-hybridized carbons (Fsp3) is 0.263. The van der Waals surface area contributed by atoms with Crippen molar-refractivity contribution in [1.29, 1.82) is 0 Å². The Hall–Kier alpha value is -1.85. The Labute approximate surface area is 156 Å². The second kappa shape index (κ2) is 9.02. The van der Waals surface area contributed by atoms with Gasteiger partial charge in [0.2, 0.25) is 0 Å². The van der Waals surface area contributed by atoms with E-state index < -0.39 is 0 Å². The van der Waals surface area contributed by atoms with Crippen LogP contribution in [0.25, 0.3) is 0 Å². The molecule has 0 aliphatic heterocycles. The molecule has 0 aliphatic carbocycles. The SMILES string of the molecule is CCN(C)/C=N\c1cc(C)c(C(=O)CSc2ccccc2F)cc1Cl. The average Bonchev–Trinajstić information content (AvgIpc) is 2.60. The van der Waals surface area contributed by atoms with Gasteiger partial charge in [-0.2, -0.15) is 0 Å². The van der Waals surface area contributed by atoms with Crippen molar-refractivity contribution in [3.8, 4) is 0 Å². The number of hydrogen-bond donors (Lipinski definition) is 0. The lowest BCUT2D eigenvalue weighted by atomic mass is 10.0. The normalized spacial score (nSPS) is 11.1. The van der Waals surface area contributed by atoms with Crippen molar-refractivity contribution >= 4 is 41.2 Å². The van der Waals surface area contributed by atoms with Gasteiger partial charge in [-0.3, -0.25) is 4.79 Å². The number of ketones is 1. The van der Waals surface area contributed by atoms with E-state index in [0.717, 1.165) is 12.1 Å². The van der Waals surface area contributed by atoms with E-state index in [9.17, 15) is 9.18 Å². The van der Waals surface area contributed by atoms with Crippen LogP contribution in [0.15, 0.2) is 46.3 Å². The van der Waals surface area contributed by atoms with Crippen molar-refractivity contribution < 1.29 is 9.18 Å². The van der Waals surface area contributed by atoms with Crippen LogP contribution in [0.2, 0.25) is 5.02 Å². The number of carbonyl (C=O) groups excluding carboxylic acids is 1. The van der Waals surface area contributed by atoms with Crippen LogP contribution < -0.4 is 0 Å². The highest BCUT2D eigenvalue weighted by Gasteiger charge is 2.14. The predicted molar refractivity (Wildman–Crippen MR) is 104 cm³/mol. The molecule has 0 saturated carbocycles. The van der Waals surface area contributed by atoms with E-state index in [2.05, 4.69) is 4.99 Å². The maximum atomic E-state index is 13.6. The molecule has 6 heteroatoms. The Morgan fingerprint density at radius 1 is 1.36 bits per heavy atom. The molecule has 0 aromatic heterocycles. The molecular weight excluding hydrogens is 359 g/mol. The molecule has 0 saturated heterocycles. The van der Waals surface area contributed by atoms with Crippen molar-refractivity contribution in [2.45, 2.75) is 18.7 Å². The van der Waals surface area contributed by atoms with Crippen LogP contribution in [0.5, 0.6) is 0 Å². The highest BCUT2D eigenvalue weighted by molar-refractivity contribution is 8.00. The molecule has 25 heavy (non-hydrogen) atoms. The summed E-state index contributed by atoms with van der Waals surface area (Å²) in [4.78, 5) is 19.2. The van der Waals surface area contributed by atoms with E-state index in [1.54, 1.807) is 36.7 Å². The number of Topliss-reactive ketones (excluding diaryl/α,β-unsaturated/α-hetero) is 1. The van der Waals surface area contributed by atoms with E-state index in [0.29, 0.717) is 21.2 Å². The largest absolute Gasteiger partial charge is 0.366 e. The molecule has 0 heterocycles. The van der Waals surface area contributed by atoms with Crippen LogP contribution in [0.4, 0.5) is 10.1 Å². The second-order valence-electron chi connectivity index (χ2n) is 5.58. The third-order valence-corrected chi connectivity index (χ3v) is 5.03. The summed E-state index contributed by atoms with van der Waals surface area (Å²) in [5.74, 6) is -0.257. The first-order valence-electron chi connectivity index (χ1n) is 7.87. The van der Waals surface area contributed by atoms with Crippen LogP contribution in [0.3, 0.4) is 0 Å². The first kappa shape index (κ1) is 19.5. The summed E-state index contributed by atoms with van der Waals surface area (Å²) in [7, 11) is 1.92. The van der Waals surface area contributed by atoms with Gasteiger partial charge < -0.3 is 4.90 Å². The Morgan fingerprint density at radius 3 is 2.76 bits per heavy atom. The number of thioether (sulfide) groups is 1. The quantitative estimate of drug-likeness (QED) is 0.281. The topological polar surface area (TPSA) is 32.7 Å². The van der Waals surface area contributed by atoms with Gasteiger partial charge in [-0.05, 0) is 43.7 Å². The molecule has 0 unspecified atom stereocenters. The van der Waals surface area contributed by atoms with Crippen LogP contribution >= 0.6 is 23.4 Å². The van der Waals surface area contributed by atoms with Crippen LogP contribution in [0.1, 0.15) is 22.8 Å². The van der Waals surface area contributed by atoms with E-state index in [1.165, 1.54) is 17.8 Å². The van der Waals surface area contributed by atoms with E-state index in [4.69, 9.17) is 11.6 Å². The third kappa shape index (κ3) is 5.31. The summed E-state index contributed by atoms with van der Waals surface area (Å²) >= 11 is 7.45. The van der Waals surface area contributed by atoms with Gasteiger partial charge in [-0.15, -0.1) is 11.8 Å². The Bertz CT molecular complexity index is 795. The second-order valence-corrected chi connectivity index (χ2v) is 7.00. The molecular formula is C19H20ClFN2OS. The molecule has 2 aromatic carbocycles. The highest BCUT2D eigenvalue weighted by atomic mass is 35.5. The maximum absolute atomic E-state index is 13.6. The van der Waals surface area contributed by atoms with Gasteiger partial charge in [0, 0.05) is 24.1 Å². The number of hydrogen-bond acceptors (Lipinski definition) is 3. The fourth-order valence-corrected chi connectivity index (χ4v) is 3.13. The number of nitrogens with zero attached hydrogens (tertiary/aromatic N) is 2. The molecule has 3 nitrogen and oxygen atoms in total. The summed E-state index contributed by atoms with van der Waals surface area (Å²) in [5.41, 5.74) is 1.96. The third-order valence-electron chi connectivity index (χ3n) is 3.68. The van der Waals surface area contributed by atoms with Crippen molar-refractivity contribution in [2.24, 2.45) is 4.99 Å². The van der Waals surface area contributed by atoms with Crippen molar-refractivity contribution in [2.75, 3.05) is 19.3 Å². The Kier molecular flexibility index (Phi) is 7.02. The van der Waals surface area contributed by atoms with Crippen molar-refractivity contribution in [3.63, 3.8) is 0 Å². The van der Waals surface area contributed by atoms with Gasteiger partial charge in [0.15, 0.2) is 5.78 Å². The molecule has 132 valence electrons. The zero-order chi connectivity index (χ0) is 18.4. The molecule has 0 radical (unpaired) electrons. The summed E-state index contributed by atoms with van der Waals surface area (Å²) in [6, 6.07) is 9.85. The summed E-state index contributed by atoms with van der Waals surface area (Å²) < 4.78 is 13.6. The lowest BCUT2D eigenvalue weighted by Crippen LogP contribution is -2.14. The summed E-state index contributed by atoms with van der Waals surface area (Å²) in [6.45, 7) is 4.71. The molecule has 2 aromatic rings. The van der Waals surface area contributed by atoms with Gasteiger partial charge >= 0.3 is 0 Å². The highest BCUT2D eigenvalue weighted by Crippen LogP contribution is 2.30. The smallest absolute Gasteiger partial charge is 0.173 e. The minimum absolute atomic E-state index is 0.0890. The van der Waals surface area contributed by atoms with E-state index in [-0.39, 0.29) is 17.4 Å². The average molecular weight is 379 g/mol. The molecule has 2 rings (SSSR count). The Morgan fingerprint density at radius 2 is 2.08 bits per heavy atom. The van der Waals surface area contributed by atoms with Gasteiger partial charge in [-0.25, -0.2) is 9.38 Å². The molecule has 0 N–H and O–H groups in total. The minimum Gasteiger partial charge on any atom is -0.366 e. The van der Waals surface area contributed by atoms with Gasteiger partial charge in [0.25, 0.3) is 0 Å². The van der Waals surface area contributed by atoms with Gasteiger partial charge in [-0.1, -0.05) is 23.7 Å². The van der Waals surface area contributed by atoms with Gasteiger partial charge in [0.1, 0.15) is 5.82 Å². The number of halogens is 2. The molecule has 0 spiro atoms. The number of aliphatic imine (C=N–C) groups is 1. The zero-order valence-electron chi connectivity index (χ0n) is 14.4. The van der Waals surface area contributed by atoms with Crippen LogP contribution in [-0.2, 0) is 0 Å². The molecule has 0 amide bonds.